The molecule has 2 aromatic heterocycles. The van der Waals surface area contributed by atoms with Crippen LogP contribution in [0.2, 0.25) is 0 Å². The maximum Gasteiger partial charge on any atom is 0.352 e. The molecule has 4 rings (SSSR count). The van der Waals surface area contributed by atoms with Crippen molar-refractivity contribution in [2.45, 2.75) is 16.7 Å². The average Bonchev–Trinajstić information content (AvgIpc) is 3.66. The third-order valence-electron chi connectivity index (χ3n) is 5.37. The van der Waals surface area contributed by atoms with Crippen LogP contribution in [0, 0.1) is 0 Å². The normalized spacial score (nSPS) is 11.3. The predicted molar refractivity (Wildman–Crippen MR) is 160 cm³/mol. The monoisotopic (exact) mass is 665 g/mol. The smallest absolute Gasteiger partial charge is 0.352 e. The quantitative estimate of drug-likeness (QED) is 0.145. The van der Waals surface area contributed by atoms with Crippen LogP contribution in [0.4, 0.5) is 17.1 Å². The highest BCUT2D eigenvalue weighted by molar-refractivity contribution is 7.93. The Morgan fingerprint density at radius 1 is 0.698 bits per heavy atom. The molecule has 3 N–H and O–H groups in total. The Hall–Kier alpha value is -4.45. The minimum absolute atomic E-state index is 0.0633. The van der Waals surface area contributed by atoms with Crippen molar-refractivity contribution in [3.8, 4) is 5.75 Å². The molecule has 0 atom stereocenters. The Kier molecular flexibility index (Phi) is 9.70. The predicted octanol–water partition coefficient (Wildman–Crippen LogP) is 4.35. The molecule has 0 fully saturated rings. The van der Waals surface area contributed by atoms with Gasteiger partial charge in [-0.05, 0) is 71.4 Å². The van der Waals surface area contributed by atoms with E-state index in [0.29, 0.717) is 5.69 Å². The fraction of sp³-hybridized carbons (Fsp3) is 0.115. The number of nitrogens with one attached hydrogen (secondary N) is 3. The molecule has 0 spiro atoms. The summed E-state index contributed by atoms with van der Waals surface area (Å²) >= 11 is 1.80. The summed E-state index contributed by atoms with van der Waals surface area (Å²) in [5.74, 6) is -1.75. The molecule has 0 aliphatic rings. The standard InChI is InChI=1S/C26H23N3O10S4/c1-16(30)27-17-3-5-18(6-4-17)28-43(35,36)22-12-14-41-24(22)26(32)39-15-38-20-9-7-19(8-10-20)29-42(33,34)21-11-13-40-23(21)25(31)37-2/h3-14,28-29H,15H2,1-2H3,(H,27,30). The van der Waals surface area contributed by atoms with Crippen molar-refractivity contribution in [2.75, 3.05) is 28.7 Å². The van der Waals surface area contributed by atoms with Crippen molar-refractivity contribution in [3.63, 3.8) is 0 Å². The molecule has 0 aliphatic carbocycles. The van der Waals surface area contributed by atoms with Crippen LogP contribution >= 0.6 is 22.7 Å². The zero-order chi connectivity index (χ0) is 31.2. The lowest BCUT2D eigenvalue weighted by Crippen LogP contribution is -2.17. The molecule has 226 valence electrons. The number of rotatable bonds is 12. The van der Waals surface area contributed by atoms with Gasteiger partial charge in [0.25, 0.3) is 20.0 Å². The first kappa shape index (κ1) is 31.5. The lowest BCUT2D eigenvalue weighted by Gasteiger charge is -2.11. The average molecular weight is 666 g/mol. The molecule has 4 aromatic rings. The summed E-state index contributed by atoms with van der Waals surface area (Å²) in [6.45, 7) is 0.788. The van der Waals surface area contributed by atoms with Crippen LogP contribution in [0.25, 0.3) is 0 Å². The first-order valence-electron chi connectivity index (χ1n) is 12.0. The van der Waals surface area contributed by atoms with Gasteiger partial charge in [0.2, 0.25) is 12.7 Å². The van der Waals surface area contributed by atoms with E-state index in [2.05, 4.69) is 19.5 Å². The number of methoxy groups -OCH3 is 1. The Balaban J connectivity index is 1.33. The van der Waals surface area contributed by atoms with E-state index < -0.39 is 38.8 Å². The molecule has 0 saturated carbocycles. The van der Waals surface area contributed by atoms with Gasteiger partial charge in [0, 0.05) is 24.0 Å². The van der Waals surface area contributed by atoms with Gasteiger partial charge in [-0.1, -0.05) is 0 Å². The lowest BCUT2D eigenvalue weighted by molar-refractivity contribution is -0.114. The molecular weight excluding hydrogens is 643 g/mol. The Morgan fingerprint density at radius 3 is 1.65 bits per heavy atom. The van der Waals surface area contributed by atoms with Crippen molar-refractivity contribution in [3.05, 3.63) is 81.2 Å². The molecule has 0 unspecified atom stereocenters. The van der Waals surface area contributed by atoms with Gasteiger partial charge in [0.05, 0.1) is 7.11 Å². The van der Waals surface area contributed by atoms with Crippen LogP contribution in [-0.4, -0.2) is 48.6 Å². The minimum atomic E-state index is -4.15. The van der Waals surface area contributed by atoms with Gasteiger partial charge < -0.3 is 19.5 Å². The molecule has 1 amide bonds. The second-order valence-corrected chi connectivity index (χ2v) is 13.5. The van der Waals surface area contributed by atoms with Crippen molar-refractivity contribution >= 4 is 77.6 Å². The summed E-state index contributed by atoms with van der Waals surface area (Å²) in [7, 11) is -7.09. The van der Waals surface area contributed by atoms with E-state index in [-0.39, 0.29) is 42.6 Å². The highest BCUT2D eigenvalue weighted by atomic mass is 32.2. The van der Waals surface area contributed by atoms with Gasteiger partial charge in [-0.3, -0.25) is 14.2 Å². The number of hydrogen-bond donors (Lipinski definition) is 3. The molecule has 0 aliphatic heterocycles. The number of ether oxygens (including phenoxy) is 3. The third-order valence-corrected chi connectivity index (χ3v) is 10.3. The third kappa shape index (κ3) is 7.89. The van der Waals surface area contributed by atoms with E-state index in [0.717, 1.165) is 29.8 Å². The minimum Gasteiger partial charge on any atom is -0.465 e. The van der Waals surface area contributed by atoms with Crippen LogP contribution in [0.15, 0.2) is 81.2 Å². The number of esters is 2. The Labute approximate surface area is 254 Å². The first-order valence-corrected chi connectivity index (χ1v) is 16.7. The van der Waals surface area contributed by atoms with Gasteiger partial charge in [-0.15, -0.1) is 22.7 Å². The van der Waals surface area contributed by atoms with E-state index in [9.17, 15) is 31.2 Å². The second-order valence-electron chi connectivity index (χ2n) is 8.41. The maximum absolute atomic E-state index is 12.9. The molecule has 0 bridgehead atoms. The summed E-state index contributed by atoms with van der Waals surface area (Å²) in [6, 6.07) is 14.1. The molecule has 2 aromatic carbocycles. The molecule has 13 nitrogen and oxygen atoms in total. The number of benzene rings is 2. The summed E-state index contributed by atoms with van der Waals surface area (Å²) < 4.78 is 71.2. The van der Waals surface area contributed by atoms with Crippen LogP contribution in [-0.2, 0) is 34.3 Å². The van der Waals surface area contributed by atoms with E-state index in [1.54, 1.807) is 0 Å². The molecule has 43 heavy (non-hydrogen) atoms. The number of carbonyl (C=O) groups excluding carboxylic acids is 3. The van der Waals surface area contributed by atoms with E-state index in [1.807, 2.05) is 0 Å². The van der Waals surface area contributed by atoms with Crippen LogP contribution in [0.5, 0.6) is 5.75 Å². The fourth-order valence-electron chi connectivity index (χ4n) is 3.49. The summed E-state index contributed by atoms with van der Waals surface area (Å²) in [6.07, 6.45) is 0. The number of thiophene rings is 2. The van der Waals surface area contributed by atoms with Crippen molar-refractivity contribution in [2.24, 2.45) is 0 Å². The van der Waals surface area contributed by atoms with E-state index >= 15 is 0 Å². The van der Waals surface area contributed by atoms with Crippen molar-refractivity contribution in [1.82, 2.24) is 0 Å². The summed E-state index contributed by atoms with van der Waals surface area (Å²) in [4.78, 5) is 34.9. The van der Waals surface area contributed by atoms with Crippen LogP contribution < -0.4 is 19.5 Å². The molecule has 0 radical (unpaired) electrons. The summed E-state index contributed by atoms with van der Waals surface area (Å²) in [5.41, 5.74) is 0.878. The zero-order valence-electron chi connectivity index (χ0n) is 22.4. The number of hydrogen-bond acceptors (Lipinski definition) is 12. The van der Waals surface area contributed by atoms with Gasteiger partial charge in [0.1, 0.15) is 25.3 Å². The highest BCUT2D eigenvalue weighted by Gasteiger charge is 2.26. The Morgan fingerprint density at radius 2 is 1.16 bits per heavy atom. The van der Waals surface area contributed by atoms with Gasteiger partial charge in [-0.2, -0.15) is 0 Å². The number of sulfonamides is 2. The summed E-state index contributed by atoms with van der Waals surface area (Å²) in [5, 5.41) is 5.46. The van der Waals surface area contributed by atoms with Gasteiger partial charge in [0.15, 0.2) is 0 Å². The first-order chi connectivity index (χ1) is 20.4. The molecule has 0 saturated heterocycles. The van der Waals surface area contributed by atoms with Crippen LogP contribution in [0.3, 0.4) is 0 Å². The number of amides is 1. The Bertz CT molecular complexity index is 1850. The zero-order valence-corrected chi connectivity index (χ0v) is 25.6. The molecule has 17 heteroatoms. The van der Waals surface area contributed by atoms with Crippen LogP contribution in [0.1, 0.15) is 26.3 Å². The van der Waals surface area contributed by atoms with Gasteiger partial charge >= 0.3 is 11.9 Å². The maximum atomic E-state index is 12.9. The van der Waals surface area contributed by atoms with Crippen molar-refractivity contribution in [1.29, 1.82) is 0 Å². The lowest BCUT2D eigenvalue weighted by atomic mass is 10.3. The highest BCUT2D eigenvalue weighted by Crippen LogP contribution is 2.27. The molecular formula is C26H23N3O10S4. The topological polar surface area (TPSA) is 183 Å². The number of anilines is 3. The van der Waals surface area contributed by atoms with E-state index in [1.165, 1.54) is 78.3 Å². The second kappa shape index (κ2) is 13.2. The van der Waals surface area contributed by atoms with Crippen molar-refractivity contribution < 1.29 is 45.4 Å². The van der Waals surface area contributed by atoms with Gasteiger partial charge in [-0.25, -0.2) is 26.4 Å². The largest absolute Gasteiger partial charge is 0.465 e. The molecule has 2 heterocycles. The SMILES string of the molecule is COC(=O)c1sccc1S(=O)(=O)Nc1ccc(OCOC(=O)c2sccc2S(=O)(=O)Nc2ccc(NC(C)=O)cc2)cc1. The number of carbonyl (C=O) groups is 3. The fourth-order valence-corrected chi connectivity index (χ4v) is 8.25. The van der Waals surface area contributed by atoms with E-state index in [4.69, 9.17) is 9.47 Å².